The van der Waals surface area contributed by atoms with Crippen LogP contribution in [-0.2, 0) is 4.79 Å². The van der Waals surface area contributed by atoms with Gasteiger partial charge in [0, 0.05) is 0 Å². The summed E-state index contributed by atoms with van der Waals surface area (Å²) in [7, 11) is 0. The molecule has 15 heavy (non-hydrogen) atoms. The van der Waals surface area contributed by atoms with Gasteiger partial charge < -0.3 is 0 Å². The van der Waals surface area contributed by atoms with Crippen LogP contribution < -0.4 is 0 Å². The normalized spacial score (nSPS) is 14.3. The van der Waals surface area contributed by atoms with Crippen molar-refractivity contribution in [3.05, 3.63) is 12.7 Å². The molecule has 0 N–H and O–H groups in total. The molecule has 7 heteroatoms. The third kappa shape index (κ3) is 2.71. The van der Waals surface area contributed by atoms with Crippen molar-refractivity contribution in [1.29, 1.82) is 0 Å². The van der Waals surface area contributed by atoms with E-state index in [4.69, 9.17) is 23.2 Å². The number of carbonyl (C=O) groups excluding carboxylic acids is 1. The number of nitrogens with zero attached hydrogens (tertiary/aromatic N) is 3. The lowest BCUT2D eigenvalue weighted by molar-refractivity contribution is -0.127. The van der Waals surface area contributed by atoms with E-state index >= 15 is 0 Å². The van der Waals surface area contributed by atoms with Crippen LogP contribution in [0.5, 0.6) is 0 Å². The molecule has 1 rings (SSSR count). The predicted molar refractivity (Wildman–Crippen MR) is 62.3 cm³/mol. The lowest BCUT2D eigenvalue weighted by Gasteiger charge is -2.26. The molecule has 1 aromatic heterocycles. The summed E-state index contributed by atoms with van der Waals surface area (Å²) in [6.07, 6.45) is 2.80. The summed E-state index contributed by atoms with van der Waals surface area (Å²) in [5.74, 6) is -0.150. The molecule has 0 aromatic carbocycles. The highest BCUT2D eigenvalue weighted by atomic mass is 79.9. The molecule has 0 radical (unpaired) electrons. The second-order valence-electron chi connectivity index (χ2n) is 3.60. The molecule has 1 aromatic rings. The van der Waals surface area contributed by atoms with E-state index in [2.05, 4.69) is 26.0 Å². The fraction of sp³-hybridized carbons (Fsp3) is 0.625. The maximum Gasteiger partial charge on any atom is 0.176 e. The number of rotatable bonds is 4. The van der Waals surface area contributed by atoms with Gasteiger partial charge in [-0.3, -0.25) is 4.79 Å². The number of hydrogen-bond acceptors (Lipinski definition) is 3. The molecule has 0 saturated carbocycles. The second kappa shape index (κ2) is 4.80. The van der Waals surface area contributed by atoms with Crippen molar-refractivity contribution >= 4 is 44.9 Å². The molecule has 1 unspecified atom stereocenters. The van der Waals surface area contributed by atoms with Gasteiger partial charge in [0.1, 0.15) is 17.5 Å². The third-order valence-electron chi connectivity index (χ3n) is 2.07. The first-order valence-corrected chi connectivity index (χ1v) is 5.97. The standard InChI is InChI=1S/C8H10BrCl2N3O/c1-8(2,7(10)11)5(15)6(9)14-4-12-3-13-14/h3-4,6-7H,1-2H3. The first-order chi connectivity index (χ1) is 6.87. The minimum atomic E-state index is -0.844. The minimum Gasteiger partial charge on any atom is -0.296 e. The van der Waals surface area contributed by atoms with Crippen LogP contribution in [0.1, 0.15) is 18.8 Å². The zero-order valence-electron chi connectivity index (χ0n) is 8.19. The average molecular weight is 315 g/mol. The number of ketones is 1. The Morgan fingerprint density at radius 3 is 2.53 bits per heavy atom. The van der Waals surface area contributed by atoms with Crippen LogP contribution in [0.25, 0.3) is 0 Å². The molecule has 1 atom stereocenters. The van der Waals surface area contributed by atoms with E-state index in [1.165, 1.54) is 17.3 Å². The molecule has 0 aliphatic rings. The third-order valence-corrected chi connectivity index (χ3v) is 3.99. The Balaban J connectivity index is 2.86. The van der Waals surface area contributed by atoms with E-state index in [9.17, 15) is 4.79 Å². The number of Topliss-reactive ketones (excluding diaryl/α,β-unsaturated/α-hetero) is 1. The first kappa shape index (κ1) is 12.9. The van der Waals surface area contributed by atoms with E-state index in [1.54, 1.807) is 13.8 Å². The highest BCUT2D eigenvalue weighted by Crippen LogP contribution is 2.35. The van der Waals surface area contributed by atoms with Crippen LogP contribution in [-0.4, -0.2) is 25.4 Å². The molecular weight excluding hydrogens is 305 g/mol. The zero-order valence-corrected chi connectivity index (χ0v) is 11.3. The van der Waals surface area contributed by atoms with Crippen molar-refractivity contribution in [3.8, 4) is 0 Å². The van der Waals surface area contributed by atoms with Gasteiger partial charge in [0.25, 0.3) is 0 Å². The van der Waals surface area contributed by atoms with Gasteiger partial charge in [-0.15, -0.1) is 23.2 Å². The van der Waals surface area contributed by atoms with Crippen molar-refractivity contribution in [2.75, 3.05) is 0 Å². The molecule has 1 heterocycles. The van der Waals surface area contributed by atoms with Gasteiger partial charge in [-0.2, -0.15) is 5.10 Å². The highest BCUT2D eigenvalue weighted by molar-refractivity contribution is 9.09. The lowest BCUT2D eigenvalue weighted by Crippen LogP contribution is -2.35. The van der Waals surface area contributed by atoms with E-state index in [-0.39, 0.29) is 5.78 Å². The fourth-order valence-corrected chi connectivity index (χ4v) is 1.89. The smallest absolute Gasteiger partial charge is 0.176 e. The molecule has 0 aliphatic heterocycles. The molecule has 0 spiro atoms. The van der Waals surface area contributed by atoms with Gasteiger partial charge in [0.05, 0.1) is 5.41 Å². The lowest BCUT2D eigenvalue weighted by atomic mass is 9.90. The van der Waals surface area contributed by atoms with Crippen molar-refractivity contribution in [2.45, 2.75) is 23.6 Å². The predicted octanol–water partition coefficient (Wildman–Crippen LogP) is 2.57. The summed E-state index contributed by atoms with van der Waals surface area (Å²) in [6, 6.07) is 0. The Morgan fingerprint density at radius 2 is 2.13 bits per heavy atom. The van der Waals surface area contributed by atoms with Gasteiger partial charge in [-0.1, -0.05) is 29.8 Å². The van der Waals surface area contributed by atoms with Gasteiger partial charge in [0.2, 0.25) is 0 Å². The number of halogens is 3. The number of aromatic nitrogens is 3. The SMILES string of the molecule is CC(C)(C(=O)C(Br)n1cncn1)C(Cl)Cl. The van der Waals surface area contributed by atoms with Crippen LogP contribution in [0.3, 0.4) is 0 Å². The Kier molecular flexibility index (Phi) is 4.14. The average Bonchev–Trinajstić information content (AvgIpc) is 2.67. The molecule has 0 amide bonds. The van der Waals surface area contributed by atoms with E-state index < -0.39 is 15.2 Å². The molecular formula is C8H10BrCl2N3O. The van der Waals surface area contributed by atoms with Crippen molar-refractivity contribution in [3.63, 3.8) is 0 Å². The first-order valence-electron chi connectivity index (χ1n) is 4.18. The number of carbonyl (C=O) groups is 1. The van der Waals surface area contributed by atoms with E-state index in [1.807, 2.05) is 0 Å². The minimum absolute atomic E-state index is 0.150. The Labute approximate surface area is 106 Å². The van der Waals surface area contributed by atoms with E-state index in [0.29, 0.717) is 0 Å². The molecule has 0 fully saturated rings. The maximum absolute atomic E-state index is 12.0. The Hall–Kier alpha value is -0.130. The Bertz CT molecular complexity index is 340. The van der Waals surface area contributed by atoms with E-state index in [0.717, 1.165) is 0 Å². The summed E-state index contributed by atoms with van der Waals surface area (Å²) < 4.78 is 1.40. The second-order valence-corrected chi connectivity index (χ2v) is 5.56. The van der Waals surface area contributed by atoms with Crippen LogP contribution in [0.2, 0.25) is 0 Å². The number of hydrogen-bond donors (Lipinski definition) is 0. The molecule has 4 nitrogen and oxygen atoms in total. The molecule has 0 bridgehead atoms. The summed E-state index contributed by atoms with van der Waals surface area (Å²) in [5, 5.41) is 3.86. The highest BCUT2D eigenvalue weighted by Gasteiger charge is 2.38. The summed E-state index contributed by atoms with van der Waals surface area (Å²) in [5.41, 5.74) is -0.844. The maximum atomic E-state index is 12.0. The van der Waals surface area contributed by atoms with Crippen molar-refractivity contribution in [2.24, 2.45) is 5.41 Å². The van der Waals surface area contributed by atoms with Gasteiger partial charge in [-0.05, 0) is 0 Å². The molecule has 0 saturated heterocycles. The van der Waals surface area contributed by atoms with Gasteiger partial charge in [-0.25, -0.2) is 9.67 Å². The van der Waals surface area contributed by atoms with Crippen LogP contribution in [0.15, 0.2) is 12.7 Å². The van der Waals surface area contributed by atoms with Gasteiger partial charge in [0.15, 0.2) is 10.7 Å². The summed E-state index contributed by atoms with van der Waals surface area (Å²) >= 11 is 14.7. The largest absolute Gasteiger partial charge is 0.296 e. The quantitative estimate of drug-likeness (QED) is 0.803. The van der Waals surface area contributed by atoms with Crippen LogP contribution in [0, 0.1) is 5.41 Å². The molecule has 0 aliphatic carbocycles. The topological polar surface area (TPSA) is 47.8 Å². The number of alkyl halides is 3. The zero-order chi connectivity index (χ0) is 11.6. The monoisotopic (exact) mass is 313 g/mol. The Morgan fingerprint density at radius 1 is 1.53 bits per heavy atom. The van der Waals surface area contributed by atoms with Crippen LogP contribution in [0.4, 0.5) is 0 Å². The van der Waals surface area contributed by atoms with Gasteiger partial charge >= 0.3 is 0 Å². The molecule has 84 valence electrons. The summed E-state index contributed by atoms with van der Waals surface area (Å²) in [6.45, 7) is 3.37. The summed E-state index contributed by atoms with van der Waals surface area (Å²) in [4.78, 5) is 14.4. The van der Waals surface area contributed by atoms with Crippen LogP contribution >= 0.6 is 39.1 Å². The van der Waals surface area contributed by atoms with Crippen molar-refractivity contribution < 1.29 is 4.79 Å². The van der Waals surface area contributed by atoms with Crippen molar-refractivity contribution in [1.82, 2.24) is 14.8 Å². The fourth-order valence-electron chi connectivity index (χ4n) is 0.869.